The van der Waals surface area contributed by atoms with Gasteiger partial charge < -0.3 is 0 Å². The van der Waals surface area contributed by atoms with Crippen LogP contribution in [0.2, 0.25) is 18.1 Å². The fraction of sp³-hybridized carbons (Fsp3) is 0.765. The first-order valence-electron chi connectivity index (χ1n) is 9.19. The van der Waals surface area contributed by atoms with Gasteiger partial charge in [0.2, 0.25) is 0 Å². The van der Waals surface area contributed by atoms with Crippen molar-refractivity contribution in [2.75, 3.05) is 13.3 Å². The first-order valence-corrected chi connectivity index (χ1v) is 16.4. The number of ether oxygens (including phenoxy) is 1. The van der Waals surface area contributed by atoms with Crippen LogP contribution in [0.5, 0.6) is 0 Å². The van der Waals surface area contributed by atoms with Gasteiger partial charge in [-0.3, -0.25) is 0 Å². The van der Waals surface area contributed by atoms with Crippen LogP contribution in [0.4, 0.5) is 0 Å². The summed E-state index contributed by atoms with van der Waals surface area (Å²) in [5.74, 6) is 0. The Labute approximate surface area is 174 Å². The van der Waals surface area contributed by atoms with Crippen molar-refractivity contribution in [3.05, 3.63) is 32.6 Å². The summed E-state index contributed by atoms with van der Waals surface area (Å²) >= 11 is 2.57. The topological polar surface area (TPSA) is 99.6 Å². The molecule has 0 aromatic carbocycles. The number of aryl methyl sites for hydroxylation is 1. The molecule has 0 aliphatic carbocycles. The third-order valence-electron chi connectivity index (χ3n) is 5.38. The second-order valence-electron chi connectivity index (χ2n) is 8.83. The Morgan fingerprint density at radius 2 is 2.00 bits per heavy atom. The van der Waals surface area contributed by atoms with E-state index in [1.165, 1.54) is 17.4 Å². The summed E-state index contributed by atoms with van der Waals surface area (Å²) in [6, 6.07) is -2.89. The van der Waals surface area contributed by atoms with E-state index in [4.69, 9.17) is 13.7 Å². The van der Waals surface area contributed by atoms with E-state index in [9.17, 15) is 14.2 Å². The Morgan fingerprint density at radius 3 is 2.54 bits per heavy atom. The van der Waals surface area contributed by atoms with Gasteiger partial charge in [0, 0.05) is 0 Å². The average Bonchev–Trinajstić information content (AvgIpc) is 2.88. The van der Waals surface area contributed by atoms with Gasteiger partial charge in [-0.05, 0) is 0 Å². The van der Waals surface area contributed by atoms with Crippen molar-refractivity contribution in [3.8, 4) is 0 Å². The molecule has 11 heteroatoms. The molecule has 8 nitrogen and oxygen atoms in total. The third kappa shape index (κ3) is 5.78. The van der Waals surface area contributed by atoms with E-state index >= 15 is 0 Å². The van der Waals surface area contributed by atoms with Crippen molar-refractivity contribution in [1.29, 1.82) is 0 Å². The molecule has 1 radical (unpaired) electrons. The molecule has 1 N–H and O–H groups in total. The summed E-state index contributed by atoms with van der Waals surface area (Å²) in [5.41, 5.74) is -0.564. The Kier molecular flexibility index (Phi) is 7.09. The summed E-state index contributed by atoms with van der Waals surface area (Å²) in [4.78, 5) is 26.2. The van der Waals surface area contributed by atoms with Gasteiger partial charge in [-0.25, -0.2) is 0 Å². The standard InChI is InChI=1S/C17H30N2O6PSeSi/c1-11-9-19(16(21)18-15(11)20)14-8-12(25-26(5,22)27)13(24-14)10-23-28(6,7)17(2,3)4/h9,12-14H,8,10H2,1-7H3,(H,18,20,21)/t12-,13+,14+,26?/m0/s1. The van der Waals surface area contributed by atoms with E-state index < -0.39 is 44.1 Å². The molecule has 2 rings (SSSR count). The van der Waals surface area contributed by atoms with Crippen LogP contribution >= 0.6 is 6.06 Å². The summed E-state index contributed by atoms with van der Waals surface area (Å²) in [6.45, 7) is 14.1. The number of aromatic amines is 1. The van der Waals surface area contributed by atoms with E-state index in [-0.39, 0.29) is 11.6 Å². The second kappa shape index (κ2) is 8.34. The average molecular weight is 496 g/mol. The number of nitrogens with zero attached hydrogens (tertiary/aromatic N) is 1. The molecule has 1 saturated heterocycles. The van der Waals surface area contributed by atoms with Crippen LogP contribution in [0, 0.1) is 6.92 Å². The zero-order valence-corrected chi connectivity index (χ0v) is 21.1. The molecule has 1 aromatic heterocycles. The van der Waals surface area contributed by atoms with Gasteiger partial charge in [-0.15, -0.1) is 0 Å². The minimum absolute atomic E-state index is 0.0346. The molecule has 159 valence electrons. The maximum atomic E-state index is 12.2. The van der Waals surface area contributed by atoms with Crippen molar-refractivity contribution >= 4 is 29.9 Å². The Morgan fingerprint density at radius 1 is 1.39 bits per heavy atom. The molecule has 28 heavy (non-hydrogen) atoms. The van der Waals surface area contributed by atoms with Gasteiger partial charge in [-0.2, -0.15) is 0 Å². The van der Waals surface area contributed by atoms with Crippen molar-refractivity contribution in [3.63, 3.8) is 0 Å². The molecular formula is C17H30N2O6PSeSi. The second-order valence-corrected chi connectivity index (χ2v) is 19.6. The Hall–Kier alpha value is -0.474. The summed E-state index contributed by atoms with van der Waals surface area (Å²) < 4.78 is 31.6. The van der Waals surface area contributed by atoms with E-state index in [2.05, 4.69) is 54.4 Å². The van der Waals surface area contributed by atoms with Gasteiger partial charge in [0.05, 0.1) is 0 Å². The normalized spacial score (nSPS) is 25.6. The van der Waals surface area contributed by atoms with Crippen molar-refractivity contribution in [1.82, 2.24) is 9.55 Å². The molecule has 1 unspecified atom stereocenters. The van der Waals surface area contributed by atoms with Crippen molar-refractivity contribution < 1.29 is 18.3 Å². The first-order chi connectivity index (χ1) is 12.6. The van der Waals surface area contributed by atoms with Crippen LogP contribution in [0.1, 0.15) is 39.0 Å². The van der Waals surface area contributed by atoms with Gasteiger partial charge in [0.25, 0.3) is 0 Å². The predicted molar refractivity (Wildman–Crippen MR) is 112 cm³/mol. The molecule has 0 saturated carbocycles. The summed E-state index contributed by atoms with van der Waals surface area (Å²) in [5, 5.41) is 0.0346. The molecule has 0 amide bonds. The Balaban J connectivity index is 2.25. The van der Waals surface area contributed by atoms with Crippen LogP contribution in [0.3, 0.4) is 0 Å². The van der Waals surface area contributed by atoms with E-state index in [0.717, 1.165) is 0 Å². The molecule has 0 spiro atoms. The van der Waals surface area contributed by atoms with Gasteiger partial charge in [0.15, 0.2) is 0 Å². The van der Waals surface area contributed by atoms with Crippen LogP contribution < -0.4 is 11.2 Å². The Bertz CT molecular complexity index is 872. The van der Waals surface area contributed by atoms with Gasteiger partial charge >= 0.3 is 174 Å². The monoisotopic (exact) mass is 497 g/mol. The maximum absolute atomic E-state index is 12.2. The van der Waals surface area contributed by atoms with E-state index in [0.29, 0.717) is 12.0 Å². The van der Waals surface area contributed by atoms with Crippen LogP contribution in [0.15, 0.2) is 15.8 Å². The SMILES string of the molecule is Cc1cn([C@H]2C[C@H](OP(C)(=O)[Se])[C@@H](CO[Si](C)(C)C(C)(C)C)O2)c(=O)[nH]c1=O. The van der Waals surface area contributed by atoms with Gasteiger partial charge in [-0.1, -0.05) is 0 Å². The van der Waals surface area contributed by atoms with Crippen LogP contribution in [0.25, 0.3) is 0 Å². The third-order valence-corrected chi connectivity index (χ3v) is 11.1. The molecule has 4 atom stereocenters. The quantitative estimate of drug-likeness (QED) is 0.480. The first kappa shape index (κ1) is 23.8. The summed E-state index contributed by atoms with van der Waals surface area (Å²) in [7, 11) is -2.02. The van der Waals surface area contributed by atoms with Crippen LogP contribution in [-0.2, 0) is 18.3 Å². The number of nitrogens with one attached hydrogen (secondary N) is 1. The zero-order valence-electron chi connectivity index (χ0n) is 17.5. The number of H-pyrrole nitrogens is 1. The molecule has 1 aromatic rings. The van der Waals surface area contributed by atoms with Gasteiger partial charge in [0.1, 0.15) is 0 Å². The fourth-order valence-electron chi connectivity index (χ4n) is 2.69. The minimum atomic E-state index is -2.89. The molecule has 2 heterocycles. The summed E-state index contributed by atoms with van der Waals surface area (Å²) in [6.07, 6.45) is 0.207. The molecule has 0 bridgehead atoms. The molecular weight excluding hydrogens is 466 g/mol. The number of hydrogen-bond acceptors (Lipinski definition) is 6. The molecule has 1 aliphatic heterocycles. The van der Waals surface area contributed by atoms with Crippen molar-refractivity contribution in [2.45, 2.75) is 70.7 Å². The molecule has 1 aliphatic rings. The van der Waals surface area contributed by atoms with E-state index in [1.807, 2.05) is 0 Å². The van der Waals surface area contributed by atoms with Crippen molar-refractivity contribution in [2.24, 2.45) is 0 Å². The fourth-order valence-corrected chi connectivity index (χ4v) is 5.11. The zero-order chi connectivity index (χ0) is 21.5. The van der Waals surface area contributed by atoms with E-state index in [1.54, 1.807) is 6.92 Å². The number of hydrogen-bond donors (Lipinski definition) is 1. The number of aromatic nitrogens is 2. The number of rotatable bonds is 6. The molecule has 1 fully saturated rings. The predicted octanol–water partition coefficient (Wildman–Crippen LogP) is 2.53. The van der Waals surface area contributed by atoms with Crippen LogP contribution in [-0.4, -0.2) is 58.9 Å².